The van der Waals surface area contributed by atoms with Gasteiger partial charge in [0.1, 0.15) is 0 Å². The highest BCUT2D eigenvalue weighted by molar-refractivity contribution is 4.74. The molecule has 0 rings (SSSR count). The Morgan fingerprint density at radius 2 is 1.30 bits per heavy atom. The van der Waals surface area contributed by atoms with Gasteiger partial charge in [-0.05, 0) is 30.7 Å². The molecule has 1 atom stereocenters. The van der Waals surface area contributed by atoms with E-state index in [1.165, 1.54) is 64.3 Å². The Balaban J connectivity index is 3.32. The number of hydrogen-bond acceptors (Lipinski definition) is 1. The molecule has 1 heteroatoms. The zero-order valence-electron chi connectivity index (χ0n) is 15.2. The fourth-order valence-corrected chi connectivity index (χ4v) is 2.78. The van der Waals surface area contributed by atoms with E-state index in [0.717, 1.165) is 5.92 Å². The highest BCUT2D eigenvalue weighted by Gasteiger charge is 2.23. The first kappa shape index (κ1) is 20.0. The highest BCUT2D eigenvalue weighted by Crippen LogP contribution is 2.34. The predicted octanol–water partition coefficient (Wildman–Crippen LogP) is 6.18. The molecule has 0 fully saturated rings. The van der Waals surface area contributed by atoms with Crippen molar-refractivity contribution in [2.75, 3.05) is 6.54 Å². The summed E-state index contributed by atoms with van der Waals surface area (Å²) in [4.78, 5) is 0. The van der Waals surface area contributed by atoms with Crippen LogP contribution in [0.4, 0.5) is 0 Å². The van der Waals surface area contributed by atoms with Gasteiger partial charge in [0.2, 0.25) is 0 Å². The van der Waals surface area contributed by atoms with Crippen molar-refractivity contribution < 1.29 is 0 Å². The number of hydrogen-bond donors (Lipinski definition) is 1. The van der Waals surface area contributed by atoms with Crippen molar-refractivity contribution in [3.63, 3.8) is 0 Å². The smallest absolute Gasteiger partial charge is 0.00103 e. The molecule has 0 aromatic carbocycles. The normalized spacial score (nSPS) is 13.9. The molecule has 0 aliphatic carbocycles. The fraction of sp³-hybridized carbons (Fsp3) is 1.00. The number of rotatable bonds is 13. The van der Waals surface area contributed by atoms with Gasteiger partial charge in [-0.25, -0.2) is 0 Å². The minimum Gasteiger partial charge on any atom is -0.315 e. The van der Waals surface area contributed by atoms with Gasteiger partial charge < -0.3 is 5.32 Å². The van der Waals surface area contributed by atoms with E-state index in [0.29, 0.717) is 11.5 Å². The third-order valence-corrected chi connectivity index (χ3v) is 5.00. The lowest BCUT2D eigenvalue weighted by molar-refractivity contribution is 0.199. The molecule has 0 saturated carbocycles. The molecule has 1 N–H and O–H groups in total. The van der Waals surface area contributed by atoms with Crippen molar-refractivity contribution in [3.8, 4) is 0 Å². The van der Waals surface area contributed by atoms with Crippen molar-refractivity contribution in [2.24, 2.45) is 11.3 Å². The van der Waals surface area contributed by atoms with Crippen molar-refractivity contribution in [1.82, 2.24) is 5.32 Å². The maximum absolute atomic E-state index is 3.49. The Labute approximate surface area is 129 Å². The molecule has 0 radical (unpaired) electrons. The number of nitrogens with one attached hydrogen (secondary N) is 1. The van der Waals surface area contributed by atoms with Crippen LogP contribution in [0.1, 0.15) is 99.3 Å². The Kier molecular flexibility index (Phi) is 11.6. The van der Waals surface area contributed by atoms with Crippen LogP contribution in [0, 0.1) is 11.3 Å². The van der Waals surface area contributed by atoms with Gasteiger partial charge in [-0.15, -0.1) is 0 Å². The summed E-state index contributed by atoms with van der Waals surface area (Å²) in [7, 11) is 0. The molecular formula is C19H41N. The average Bonchev–Trinajstić information content (AvgIpc) is 2.39. The van der Waals surface area contributed by atoms with E-state index >= 15 is 0 Å². The van der Waals surface area contributed by atoms with Gasteiger partial charge in [0.25, 0.3) is 0 Å². The number of unbranched alkanes of at least 4 members (excludes halogenated alkanes) is 6. The van der Waals surface area contributed by atoms with Crippen LogP contribution in [-0.2, 0) is 0 Å². The molecule has 1 nitrogen and oxygen atoms in total. The third-order valence-electron chi connectivity index (χ3n) is 5.00. The molecule has 0 bridgehead atoms. The van der Waals surface area contributed by atoms with Gasteiger partial charge in [0.05, 0.1) is 0 Å². The molecule has 0 saturated heterocycles. The van der Waals surface area contributed by atoms with Crippen LogP contribution < -0.4 is 5.32 Å². The van der Waals surface area contributed by atoms with E-state index < -0.39 is 0 Å². The van der Waals surface area contributed by atoms with E-state index in [1.54, 1.807) is 0 Å². The SMILES string of the molecule is CCC(C)C(C)(C)CCCCCCCCCNC(C)C. The van der Waals surface area contributed by atoms with Gasteiger partial charge in [-0.2, -0.15) is 0 Å². The highest BCUT2D eigenvalue weighted by atomic mass is 14.9. The first-order valence-corrected chi connectivity index (χ1v) is 9.13. The predicted molar refractivity (Wildman–Crippen MR) is 93.3 cm³/mol. The molecule has 0 heterocycles. The maximum Gasteiger partial charge on any atom is 0.00103 e. The summed E-state index contributed by atoms with van der Waals surface area (Å²) >= 11 is 0. The molecule has 0 spiro atoms. The summed E-state index contributed by atoms with van der Waals surface area (Å²) in [6, 6.07) is 0.642. The molecular weight excluding hydrogens is 242 g/mol. The summed E-state index contributed by atoms with van der Waals surface area (Å²) in [5.41, 5.74) is 0.539. The lowest BCUT2D eigenvalue weighted by Gasteiger charge is -2.31. The van der Waals surface area contributed by atoms with Gasteiger partial charge >= 0.3 is 0 Å². The van der Waals surface area contributed by atoms with Crippen LogP contribution >= 0.6 is 0 Å². The first-order chi connectivity index (χ1) is 9.40. The molecule has 122 valence electrons. The van der Waals surface area contributed by atoms with Gasteiger partial charge in [0.15, 0.2) is 0 Å². The second kappa shape index (κ2) is 11.6. The zero-order valence-corrected chi connectivity index (χ0v) is 15.2. The molecule has 0 aliphatic heterocycles. The van der Waals surface area contributed by atoms with Gasteiger partial charge in [-0.1, -0.05) is 86.5 Å². The topological polar surface area (TPSA) is 12.0 Å². The van der Waals surface area contributed by atoms with Gasteiger partial charge in [-0.3, -0.25) is 0 Å². The fourth-order valence-electron chi connectivity index (χ4n) is 2.78. The summed E-state index contributed by atoms with van der Waals surface area (Å²) in [5.74, 6) is 0.857. The minimum atomic E-state index is 0.539. The van der Waals surface area contributed by atoms with Crippen LogP contribution in [0.2, 0.25) is 0 Å². The second-order valence-electron chi connectivity index (χ2n) is 7.63. The maximum atomic E-state index is 3.49. The summed E-state index contributed by atoms with van der Waals surface area (Å²) in [6.45, 7) is 15.3. The zero-order chi connectivity index (χ0) is 15.4. The van der Waals surface area contributed by atoms with E-state index in [9.17, 15) is 0 Å². The Bertz CT molecular complexity index is 208. The lowest BCUT2D eigenvalue weighted by atomic mass is 9.75. The van der Waals surface area contributed by atoms with Crippen LogP contribution in [0.25, 0.3) is 0 Å². The molecule has 0 aromatic heterocycles. The molecule has 20 heavy (non-hydrogen) atoms. The van der Waals surface area contributed by atoms with Crippen molar-refractivity contribution in [1.29, 1.82) is 0 Å². The van der Waals surface area contributed by atoms with E-state index in [4.69, 9.17) is 0 Å². The van der Waals surface area contributed by atoms with Crippen LogP contribution in [0.5, 0.6) is 0 Å². The monoisotopic (exact) mass is 283 g/mol. The molecule has 1 unspecified atom stereocenters. The van der Waals surface area contributed by atoms with Crippen molar-refractivity contribution >= 4 is 0 Å². The first-order valence-electron chi connectivity index (χ1n) is 9.13. The van der Waals surface area contributed by atoms with E-state index in [-0.39, 0.29) is 0 Å². The summed E-state index contributed by atoms with van der Waals surface area (Å²) < 4.78 is 0. The third kappa shape index (κ3) is 10.7. The summed E-state index contributed by atoms with van der Waals surface area (Å²) in [5, 5.41) is 3.49. The second-order valence-corrected chi connectivity index (χ2v) is 7.63. The van der Waals surface area contributed by atoms with Crippen LogP contribution in [0.15, 0.2) is 0 Å². The Hall–Kier alpha value is -0.0400. The lowest BCUT2D eigenvalue weighted by Crippen LogP contribution is -2.23. The quantitative estimate of drug-likeness (QED) is 0.398. The van der Waals surface area contributed by atoms with Gasteiger partial charge in [0, 0.05) is 6.04 Å². The molecule has 0 aliphatic rings. The largest absolute Gasteiger partial charge is 0.315 e. The average molecular weight is 284 g/mol. The Morgan fingerprint density at radius 1 is 0.800 bits per heavy atom. The Morgan fingerprint density at radius 3 is 1.80 bits per heavy atom. The standard InChI is InChI=1S/C19H41N/c1-7-18(4)19(5,6)15-13-11-9-8-10-12-14-16-20-17(2)3/h17-18,20H,7-16H2,1-6H3. The molecule has 0 aromatic rings. The van der Waals surface area contributed by atoms with E-state index in [2.05, 4.69) is 46.9 Å². The van der Waals surface area contributed by atoms with Crippen LogP contribution in [-0.4, -0.2) is 12.6 Å². The summed E-state index contributed by atoms with van der Waals surface area (Å²) in [6.07, 6.45) is 12.6. The van der Waals surface area contributed by atoms with E-state index in [1.807, 2.05) is 0 Å². The van der Waals surface area contributed by atoms with Crippen molar-refractivity contribution in [3.05, 3.63) is 0 Å². The van der Waals surface area contributed by atoms with Crippen LogP contribution in [0.3, 0.4) is 0 Å². The van der Waals surface area contributed by atoms with Crippen molar-refractivity contribution in [2.45, 2.75) is 105 Å². The minimum absolute atomic E-state index is 0.539. The molecule has 0 amide bonds.